The van der Waals surface area contributed by atoms with Crippen molar-refractivity contribution in [2.75, 3.05) is 32.1 Å². The van der Waals surface area contributed by atoms with Gasteiger partial charge in [0.05, 0.1) is 18.5 Å². The van der Waals surface area contributed by atoms with Gasteiger partial charge in [-0.05, 0) is 13.8 Å². The van der Waals surface area contributed by atoms with E-state index >= 15 is 0 Å². The number of rotatable bonds is 4. The Balaban J connectivity index is 1.71. The molecule has 1 fully saturated rings. The SMILES string of the molecule is Cc1ccc(-c2nnc(SC(C)C(=O)N3CCOCC3)n2N)cc1. The number of carbonyl (C=O) groups is 1. The van der Waals surface area contributed by atoms with E-state index in [9.17, 15) is 4.79 Å². The molecule has 1 unspecified atom stereocenters. The Labute approximate surface area is 145 Å². The van der Waals surface area contributed by atoms with Gasteiger partial charge < -0.3 is 15.5 Å². The molecule has 8 heteroatoms. The number of morpholine rings is 1. The van der Waals surface area contributed by atoms with Crippen molar-refractivity contribution in [3.8, 4) is 11.4 Å². The number of thioether (sulfide) groups is 1. The van der Waals surface area contributed by atoms with Crippen molar-refractivity contribution in [1.29, 1.82) is 0 Å². The van der Waals surface area contributed by atoms with Gasteiger partial charge in [0.1, 0.15) is 0 Å². The Hall–Kier alpha value is -2.06. The van der Waals surface area contributed by atoms with Gasteiger partial charge in [0.15, 0.2) is 5.82 Å². The summed E-state index contributed by atoms with van der Waals surface area (Å²) in [6.45, 7) is 6.34. The largest absolute Gasteiger partial charge is 0.378 e. The molecule has 24 heavy (non-hydrogen) atoms. The van der Waals surface area contributed by atoms with Crippen molar-refractivity contribution < 1.29 is 9.53 Å². The van der Waals surface area contributed by atoms with Crippen molar-refractivity contribution in [3.05, 3.63) is 29.8 Å². The fourth-order valence-electron chi connectivity index (χ4n) is 2.51. The predicted molar refractivity (Wildman–Crippen MR) is 93.1 cm³/mol. The summed E-state index contributed by atoms with van der Waals surface area (Å²) >= 11 is 1.32. The maximum Gasteiger partial charge on any atom is 0.236 e. The van der Waals surface area contributed by atoms with E-state index in [1.807, 2.05) is 43.0 Å². The number of nitrogen functional groups attached to an aromatic ring is 1. The van der Waals surface area contributed by atoms with E-state index in [2.05, 4.69) is 10.2 Å². The number of nitrogens with two attached hydrogens (primary N) is 1. The Morgan fingerprint density at radius 3 is 2.58 bits per heavy atom. The molecule has 1 atom stereocenters. The first-order valence-electron chi connectivity index (χ1n) is 7.87. The van der Waals surface area contributed by atoms with E-state index in [-0.39, 0.29) is 11.2 Å². The summed E-state index contributed by atoms with van der Waals surface area (Å²) < 4.78 is 6.72. The van der Waals surface area contributed by atoms with Crippen LogP contribution in [-0.4, -0.2) is 57.2 Å². The summed E-state index contributed by atoms with van der Waals surface area (Å²) in [4.78, 5) is 14.3. The number of ether oxygens (including phenoxy) is 1. The fraction of sp³-hybridized carbons (Fsp3) is 0.438. The molecule has 1 aliphatic heterocycles. The van der Waals surface area contributed by atoms with Gasteiger partial charge in [-0.15, -0.1) is 10.2 Å². The first-order valence-corrected chi connectivity index (χ1v) is 8.75. The van der Waals surface area contributed by atoms with Crippen LogP contribution in [0.3, 0.4) is 0 Å². The monoisotopic (exact) mass is 347 g/mol. The number of benzene rings is 1. The third kappa shape index (κ3) is 3.54. The number of carbonyl (C=O) groups excluding carboxylic acids is 1. The summed E-state index contributed by atoms with van der Waals surface area (Å²) in [6.07, 6.45) is 0. The molecule has 0 aliphatic carbocycles. The molecule has 1 aromatic carbocycles. The third-order valence-corrected chi connectivity index (χ3v) is 4.97. The fourth-order valence-corrected chi connectivity index (χ4v) is 3.36. The van der Waals surface area contributed by atoms with Gasteiger partial charge in [0, 0.05) is 18.7 Å². The van der Waals surface area contributed by atoms with Gasteiger partial charge >= 0.3 is 0 Å². The van der Waals surface area contributed by atoms with E-state index in [0.29, 0.717) is 37.3 Å². The van der Waals surface area contributed by atoms with E-state index in [4.69, 9.17) is 10.6 Å². The summed E-state index contributed by atoms with van der Waals surface area (Å²) in [6, 6.07) is 7.92. The zero-order chi connectivity index (χ0) is 17.1. The number of aryl methyl sites for hydroxylation is 1. The van der Waals surface area contributed by atoms with Gasteiger partial charge in [-0.1, -0.05) is 41.6 Å². The topological polar surface area (TPSA) is 86.3 Å². The van der Waals surface area contributed by atoms with Crippen LogP contribution in [0.1, 0.15) is 12.5 Å². The van der Waals surface area contributed by atoms with Crippen LogP contribution < -0.4 is 5.84 Å². The molecule has 1 saturated heterocycles. The Morgan fingerprint density at radius 2 is 1.92 bits per heavy atom. The van der Waals surface area contributed by atoms with Gasteiger partial charge in [-0.2, -0.15) is 0 Å². The second-order valence-corrected chi connectivity index (χ2v) is 7.05. The quantitative estimate of drug-likeness (QED) is 0.663. The van der Waals surface area contributed by atoms with Crippen molar-refractivity contribution in [2.45, 2.75) is 24.3 Å². The second-order valence-electron chi connectivity index (χ2n) is 5.74. The second kappa shape index (κ2) is 7.23. The Bertz CT molecular complexity index is 710. The average Bonchev–Trinajstić information content (AvgIpc) is 2.96. The Kier molecular flexibility index (Phi) is 5.06. The zero-order valence-electron chi connectivity index (χ0n) is 13.8. The van der Waals surface area contributed by atoms with Crippen molar-refractivity contribution in [1.82, 2.24) is 19.8 Å². The van der Waals surface area contributed by atoms with Crippen LogP contribution >= 0.6 is 11.8 Å². The minimum Gasteiger partial charge on any atom is -0.378 e. The lowest BCUT2D eigenvalue weighted by Gasteiger charge is -2.28. The lowest BCUT2D eigenvalue weighted by atomic mass is 10.1. The smallest absolute Gasteiger partial charge is 0.236 e. The maximum atomic E-state index is 12.5. The number of hydrogen-bond acceptors (Lipinski definition) is 6. The van der Waals surface area contributed by atoms with Crippen LogP contribution in [0.4, 0.5) is 0 Å². The number of hydrogen-bond donors (Lipinski definition) is 1. The molecule has 2 heterocycles. The molecule has 1 aromatic heterocycles. The molecule has 0 bridgehead atoms. The van der Waals surface area contributed by atoms with Crippen molar-refractivity contribution >= 4 is 17.7 Å². The van der Waals surface area contributed by atoms with Crippen LogP contribution in [0.2, 0.25) is 0 Å². The molecule has 0 spiro atoms. The van der Waals surface area contributed by atoms with Crippen molar-refractivity contribution in [3.63, 3.8) is 0 Å². The van der Waals surface area contributed by atoms with Gasteiger partial charge in [-0.3, -0.25) is 4.79 Å². The van der Waals surface area contributed by atoms with Crippen LogP contribution in [0.25, 0.3) is 11.4 Å². The highest BCUT2D eigenvalue weighted by molar-refractivity contribution is 8.00. The van der Waals surface area contributed by atoms with E-state index < -0.39 is 0 Å². The van der Waals surface area contributed by atoms with E-state index in [1.54, 1.807) is 0 Å². The molecular formula is C16H21N5O2S. The molecule has 1 aliphatic rings. The summed E-state index contributed by atoms with van der Waals surface area (Å²) in [5.41, 5.74) is 2.07. The lowest BCUT2D eigenvalue weighted by Crippen LogP contribution is -2.44. The minimum absolute atomic E-state index is 0.0724. The van der Waals surface area contributed by atoms with E-state index in [0.717, 1.165) is 5.56 Å². The van der Waals surface area contributed by atoms with Crippen LogP contribution in [0.5, 0.6) is 0 Å². The first-order chi connectivity index (χ1) is 11.6. The highest BCUT2D eigenvalue weighted by atomic mass is 32.2. The molecule has 7 nitrogen and oxygen atoms in total. The molecule has 3 rings (SSSR count). The number of aromatic nitrogens is 3. The molecule has 2 aromatic rings. The highest BCUT2D eigenvalue weighted by Crippen LogP contribution is 2.26. The highest BCUT2D eigenvalue weighted by Gasteiger charge is 2.25. The van der Waals surface area contributed by atoms with Crippen LogP contribution in [0, 0.1) is 6.92 Å². The van der Waals surface area contributed by atoms with Gasteiger partial charge in [0.2, 0.25) is 11.1 Å². The Morgan fingerprint density at radius 1 is 1.25 bits per heavy atom. The average molecular weight is 347 g/mol. The minimum atomic E-state index is -0.277. The summed E-state index contributed by atoms with van der Waals surface area (Å²) in [7, 11) is 0. The van der Waals surface area contributed by atoms with Crippen molar-refractivity contribution in [2.24, 2.45) is 0 Å². The molecule has 2 N–H and O–H groups in total. The zero-order valence-corrected chi connectivity index (χ0v) is 14.6. The predicted octanol–water partition coefficient (Wildman–Crippen LogP) is 1.31. The lowest BCUT2D eigenvalue weighted by molar-refractivity contribution is -0.134. The molecular weight excluding hydrogens is 326 g/mol. The summed E-state index contributed by atoms with van der Waals surface area (Å²) in [5, 5.41) is 8.55. The third-order valence-electron chi connectivity index (χ3n) is 3.93. The van der Waals surface area contributed by atoms with Crippen LogP contribution in [-0.2, 0) is 9.53 Å². The van der Waals surface area contributed by atoms with Gasteiger partial charge in [0.25, 0.3) is 0 Å². The normalized spacial score (nSPS) is 16.2. The molecule has 0 radical (unpaired) electrons. The number of nitrogens with zero attached hydrogens (tertiary/aromatic N) is 4. The number of amides is 1. The van der Waals surface area contributed by atoms with E-state index in [1.165, 1.54) is 22.0 Å². The van der Waals surface area contributed by atoms with Crippen LogP contribution in [0.15, 0.2) is 29.4 Å². The summed E-state index contributed by atoms with van der Waals surface area (Å²) in [5.74, 6) is 6.79. The molecule has 0 saturated carbocycles. The maximum absolute atomic E-state index is 12.5. The first kappa shape index (κ1) is 16.8. The molecule has 1 amide bonds. The van der Waals surface area contributed by atoms with Gasteiger partial charge in [-0.25, -0.2) is 4.68 Å². The molecule has 128 valence electrons. The standard InChI is InChI=1S/C16H21N5O2S/c1-11-3-5-13(6-4-11)14-18-19-16(21(14)17)24-12(2)15(22)20-7-9-23-10-8-20/h3-6,12H,7-10,17H2,1-2H3.